The normalized spacial score (nSPS) is 13.2. The average Bonchev–Trinajstić information content (AvgIpc) is 3.18. The molecule has 0 spiro atoms. The summed E-state index contributed by atoms with van der Waals surface area (Å²) in [5.74, 6) is 0.728. The first kappa shape index (κ1) is 20.6. The molecule has 2 aromatic heterocycles. The number of amides is 1. The number of aromatic nitrogens is 3. The number of pyridine rings is 1. The van der Waals surface area contributed by atoms with E-state index in [4.69, 9.17) is 4.74 Å². The molecule has 0 aliphatic carbocycles. The predicted octanol–water partition coefficient (Wildman–Crippen LogP) is 3.29. The Morgan fingerprint density at radius 2 is 2.13 bits per heavy atom. The van der Waals surface area contributed by atoms with Gasteiger partial charge in [-0.25, -0.2) is 0 Å². The fourth-order valence-corrected chi connectivity index (χ4v) is 5.32. The van der Waals surface area contributed by atoms with Gasteiger partial charge in [0.1, 0.15) is 11.6 Å². The number of carbonyl (C=O) groups is 1. The minimum atomic E-state index is -0.200. The Balaban J connectivity index is 1.59. The van der Waals surface area contributed by atoms with Crippen LogP contribution < -0.4 is 15.1 Å². The van der Waals surface area contributed by atoms with Crippen LogP contribution >= 0.6 is 23.1 Å². The molecule has 1 amide bonds. The third-order valence-electron chi connectivity index (χ3n) is 4.97. The first-order valence-electron chi connectivity index (χ1n) is 9.63. The highest BCUT2D eigenvalue weighted by Crippen LogP contribution is 2.28. The molecular weight excluding hydrogens is 420 g/mol. The summed E-state index contributed by atoms with van der Waals surface area (Å²) < 4.78 is 7.84. The number of ether oxygens (including phenoxy) is 1. The number of hydrogen-bond acceptors (Lipinski definition) is 7. The maximum Gasteiger partial charge on any atom is 0.246 e. The Kier molecular flexibility index (Phi) is 6.19. The van der Waals surface area contributed by atoms with Crippen LogP contribution in [0.4, 0.5) is 5.69 Å². The van der Waals surface area contributed by atoms with E-state index in [9.17, 15) is 9.59 Å². The fourth-order valence-electron chi connectivity index (χ4n) is 3.51. The summed E-state index contributed by atoms with van der Waals surface area (Å²) in [5.41, 5.74) is 2.71. The molecule has 0 N–H and O–H groups in total. The molecule has 1 aromatic carbocycles. The zero-order chi connectivity index (χ0) is 21.1. The molecule has 1 aliphatic rings. The van der Waals surface area contributed by atoms with Crippen LogP contribution in [0, 0.1) is 6.92 Å². The van der Waals surface area contributed by atoms with Crippen molar-refractivity contribution < 1.29 is 9.53 Å². The van der Waals surface area contributed by atoms with Crippen LogP contribution in [-0.2, 0) is 23.5 Å². The van der Waals surface area contributed by atoms with Crippen molar-refractivity contribution in [3.63, 3.8) is 0 Å². The number of para-hydroxylation sites is 1. The summed E-state index contributed by atoms with van der Waals surface area (Å²) >= 11 is 3.01. The number of hydrogen-bond donors (Lipinski definition) is 0. The van der Waals surface area contributed by atoms with Crippen LogP contribution in [0.5, 0.6) is 5.75 Å². The molecule has 30 heavy (non-hydrogen) atoms. The van der Waals surface area contributed by atoms with Gasteiger partial charge < -0.3 is 14.2 Å². The molecule has 156 valence electrons. The average molecular weight is 443 g/mol. The number of thioether (sulfide) groups is 1. The van der Waals surface area contributed by atoms with E-state index in [0.29, 0.717) is 12.3 Å². The topological polar surface area (TPSA) is 77.3 Å². The van der Waals surface area contributed by atoms with E-state index in [-0.39, 0.29) is 23.6 Å². The highest BCUT2D eigenvalue weighted by Gasteiger charge is 2.23. The second-order valence-corrected chi connectivity index (χ2v) is 9.38. The third-order valence-corrected chi connectivity index (χ3v) is 6.98. The van der Waals surface area contributed by atoms with Gasteiger partial charge in [0.25, 0.3) is 0 Å². The van der Waals surface area contributed by atoms with Crippen molar-refractivity contribution in [2.24, 2.45) is 0 Å². The van der Waals surface area contributed by atoms with Gasteiger partial charge in [0.2, 0.25) is 11.3 Å². The Labute approximate surface area is 182 Å². The molecule has 7 nitrogen and oxygen atoms in total. The lowest BCUT2D eigenvalue weighted by atomic mass is 10.0. The van der Waals surface area contributed by atoms with Crippen LogP contribution in [-0.4, -0.2) is 34.3 Å². The van der Waals surface area contributed by atoms with E-state index in [1.54, 1.807) is 10.8 Å². The molecule has 4 rings (SSSR count). The Morgan fingerprint density at radius 1 is 1.30 bits per heavy atom. The number of nitrogens with zero attached hydrogens (tertiary/aromatic N) is 4. The number of aryl methyl sites for hydroxylation is 2. The number of fused-ring (bicyclic) bond motifs is 1. The molecule has 0 bridgehead atoms. The molecule has 0 fully saturated rings. The van der Waals surface area contributed by atoms with Gasteiger partial charge >= 0.3 is 0 Å². The van der Waals surface area contributed by atoms with Gasteiger partial charge in [0.15, 0.2) is 10.1 Å². The second kappa shape index (κ2) is 9.01. The molecule has 0 radical (unpaired) electrons. The van der Waals surface area contributed by atoms with Gasteiger partial charge in [-0.3, -0.25) is 9.59 Å². The van der Waals surface area contributed by atoms with Crippen molar-refractivity contribution in [2.75, 3.05) is 18.6 Å². The van der Waals surface area contributed by atoms with E-state index in [1.165, 1.54) is 41.8 Å². The van der Waals surface area contributed by atoms with Crippen LogP contribution in [0.2, 0.25) is 0 Å². The monoisotopic (exact) mass is 442 g/mol. The van der Waals surface area contributed by atoms with Crippen molar-refractivity contribution in [3.05, 3.63) is 63.0 Å². The molecule has 0 saturated heterocycles. The number of benzene rings is 1. The molecule has 9 heteroatoms. The van der Waals surface area contributed by atoms with Crippen LogP contribution in [0.3, 0.4) is 0 Å². The smallest absolute Gasteiger partial charge is 0.246 e. The highest BCUT2D eigenvalue weighted by molar-refractivity contribution is 8.00. The molecule has 0 unspecified atom stereocenters. The number of rotatable bonds is 6. The lowest BCUT2D eigenvalue weighted by Gasteiger charge is -2.30. The summed E-state index contributed by atoms with van der Waals surface area (Å²) in [7, 11) is 1.46. The summed E-state index contributed by atoms with van der Waals surface area (Å²) in [6.07, 6.45) is 3.54. The molecule has 3 aromatic rings. The van der Waals surface area contributed by atoms with E-state index >= 15 is 0 Å². The molecule has 3 heterocycles. The molecule has 0 atom stereocenters. The summed E-state index contributed by atoms with van der Waals surface area (Å²) in [5, 5.41) is 9.04. The summed E-state index contributed by atoms with van der Waals surface area (Å²) in [4.78, 5) is 27.4. The Hall–Kier alpha value is -2.65. The SMILES string of the molecule is COc1cn(CC(=O)N2CCCc3ccccc32)c(CSc2nnc(C)s2)cc1=O. The Bertz CT molecular complexity index is 1130. The Morgan fingerprint density at radius 3 is 2.90 bits per heavy atom. The van der Waals surface area contributed by atoms with E-state index < -0.39 is 0 Å². The van der Waals surface area contributed by atoms with Crippen molar-refractivity contribution in [2.45, 2.75) is 36.4 Å². The van der Waals surface area contributed by atoms with Crippen LogP contribution in [0.1, 0.15) is 22.7 Å². The third kappa shape index (κ3) is 4.41. The van der Waals surface area contributed by atoms with E-state index in [1.807, 2.05) is 30.0 Å². The molecule has 1 aliphatic heterocycles. The van der Waals surface area contributed by atoms with Gasteiger partial charge in [-0.05, 0) is 31.4 Å². The summed E-state index contributed by atoms with van der Waals surface area (Å²) in [6, 6.07) is 9.57. The van der Waals surface area contributed by atoms with Crippen molar-refractivity contribution in [1.82, 2.24) is 14.8 Å². The van der Waals surface area contributed by atoms with E-state index in [2.05, 4.69) is 16.3 Å². The zero-order valence-electron chi connectivity index (χ0n) is 16.8. The lowest BCUT2D eigenvalue weighted by Crippen LogP contribution is -2.38. The quantitative estimate of drug-likeness (QED) is 0.545. The van der Waals surface area contributed by atoms with Crippen molar-refractivity contribution in [3.8, 4) is 5.75 Å². The molecular formula is C21H22N4O3S2. The van der Waals surface area contributed by atoms with Crippen molar-refractivity contribution >= 4 is 34.7 Å². The largest absolute Gasteiger partial charge is 0.491 e. The second-order valence-electron chi connectivity index (χ2n) is 6.98. The minimum absolute atomic E-state index is 0.00846. The fraction of sp³-hybridized carbons (Fsp3) is 0.333. The van der Waals surface area contributed by atoms with E-state index in [0.717, 1.165) is 33.6 Å². The van der Waals surface area contributed by atoms with Gasteiger partial charge in [-0.15, -0.1) is 10.2 Å². The number of methoxy groups -OCH3 is 1. The predicted molar refractivity (Wildman–Crippen MR) is 119 cm³/mol. The minimum Gasteiger partial charge on any atom is -0.491 e. The van der Waals surface area contributed by atoms with Crippen LogP contribution in [0.25, 0.3) is 0 Å². The number of carbonyl (C=O) groups excluding carboxylic acids is 1. The summed E-state index contributed by atoms with van der Waals surface area (Å²) in [6.45, 7) is 2.73. The first-order valence-corrected chi connectivity index (χ1v) is 11.4. The van der Waals surface area contributed by atoms with Crippen molar-refractivity contribution in [1.29, 1.82) is 0 Å². The standard InChI is InChI=1S/C21H22N4O3S2/c1-14-22-23-21(30-14)29-13-16-10-18(26)19(28-2)11-24(16)12-20(27)25-9-5-7-15-6-3-4-8-17(15)25/h3-4,6,8,10-11H,5,7,9,12-13H2,1-2H3. The highest BCUT2D eigenvalue weighted by atomic mass is 32.2. The van der Waals surface area contributed by atoms with Gasteiger partial charge in [0, 0.05) is 29.7 Å². The van der Waals surface area contributed by atoms with Gasteiger partial charge in [-0.2, -0.15) is 0 Å². The van der Waals surface area contributed by atoms with Gasteiger partial charge in [0.05, 0.1) is 13.3 Å². The van der Waals surface area contributed by atoms with Gasteiger partial charge in [-0.1, -0.05) is 41.3 Å². The number of anilines is 1. The maximum atomic E-state index is 13.2. The maximum absolute atomic E-state index is 13.2. The zero-order valence-corrected chi connectivity index (χ0v) is 18.5. The van der Waals surface area contributed by atoms with Crippen LogP contribution in [0.15, 0.2) is 45.7 Å². The molecule has 0 saturated carbocycles. The lowest BCUT2D eigenvalue weighted by molar-refractivity contribution is -0.119. The first-order chi connectivity index (χ1) is 14.5.